The third kappa shape index (κ3) is 3.73. The molecule has 0 aliphatic rings. The molecule has 0 saturated heterocycles. The largest absolute Gasteiger partial charge is 0.479 e. The van der Waals surface area contributed by atoms with Gasteiger partial charge in [0.2, 0.25) is 0 Å². The molecule has 0 amide bonds. The highest BCUT2D eigenvalue weighted by molar-refractivity contribution is 5.68. The van der Waals surface area contributed by atoms with Crippen LogP contribution in [0.25, 0.3) is 0 Å². The van der Waals surface area contributed by atoms with E-state index < -0.39 is 24.4 Å². The van der Waals surface area contributed by atoms with Crippen molar-refractivity contribution in [1.29, 1.82) is 0 Å². The van der Waals surface area contributed by atoms with Gasteiger partial charge in [-0.05, 0) is 12.1 Å². The Bertz CT molecular complexity index is 381. The summed E-state index contributed by atoms with van der Waals surface area (Å²) in [4.78, 5) is 17.6. The van der Waals surface area contributed by atoms with Crippen LogP contribution in [0, 0.1) is 0 Å². The summed E-state index contributed by atoms with van der Waals surface area (Å²) in [6.45, 7) is -0.683. The fourth-order valence-electron chi connectivity index (χ4n) is 0.821. The Labute approximate surface area is 87.8 Å². The van der Waals surface area contributed by atoms with Crippen molar-refractivity contribution in [2.75, 3.05) is 12.1 Å². The molecule has 1 aromatic heterocycles. The first-order valence-electron chi connectivity index (χ1n) is 4.03. The second kappa shape index (κ2) is 4.79. The molecule has 0 aliphatic carbocycles. The highest BCUT2D eigenvalue weighted by Crippen LogP contribution is 2.27. The number of aromatic nitrogens is 1. The molecular formula is C8H7F3N2O3. The number of halogens is 3. The Hall–Kier alpha value is -1.83. The van der Waals surface area contributed by atoms with Crippen LogP contribution in [0.15, 0.2) is 18.2 Å². The number of hydrogen-bond donors (Lipinski definition) is 2. The Morgan fingerprint density at radius 1 is 1.50 bits per heavy atom. The van der Waals surface area contributed by atoms with E-state index in [9.17, 15) is 18.0 Å². The van der Waals surface area contributed by atoms with E-state index in [4.69, 9.17) is 5.11 Å². The number of carbonyl (C=O) groups is 1. The minimum atomic E-state index is -4.55. The van der Waals surface area contributed by atoms with Crippen LogP contribution in [-0.2, 0) is 15.8 Å². The molecule has 5 nitrogen and oxygen atoms in total. The lowest BCUT2D eigenvalue weighted by molar-refractivity contribution is -0.142. The Balaban J connectivity index is 2.64. The molecule has 1 aromatic rings. The zero-order valence-electron chi connectivity index (χ0n) is 7.78. The highest BCUT2D eigenvalue weighted by Gasteiger charge is 2.32. The Morgan fingerprint density at radius 3 is 2.75 bits per heavy atom. The summed E-state index contributed by atoms with van der Waals surface area (Å²) < 4.78 is 36.6. The standard InChI is InChI=1S/C8H7F3N2O3/c9-8(10,11)5-2-1-3-6(12-5)13-16-4-7(14)15/h1-3H,4H2,(H,12,13)(H,14,15). The van der Waals surface area contributed by atoms with Gasteiger partial charge in [0.1, 0.15) is 11.5 Å². The van der Waals surface area contributed by atoms with Crippen LogP contribution in [-0.4, -0.2) is 22.7 Å². The number of nitrogens with one attached hydrogen (secondary N) is 1. The van der Waals surface area contributed by atoms with Crippen molar-refractivity contribution in [3.63, 3.8) is 0 Å². The normalized spacial score (nSPS) is 11.2. The molecule has 0 saturated carbocycles. The van der Waals surface area contributed by atoms with Gasteiger partial charge in [-0.2, -0.15) is 13.2 Å². The van der Waals surface area contributed by atoms with E-state index in [0.717, 1.165) is 12.1 Å². The van der Waals surface area contributed by atoms with Gasteiger partial charge in [-0.1, -0.05) is 6.07 Å². The number of alkyl halides is 3. The van der Waals surface area contributed by atoms with Gasteiger partial charge in [-0.25, -0.2) is 15.3 Å². The van der Waals surface area contributed by atoms with Crippen LogP contribution >= 0.6 is 0 Å². The minimum absolute atomic E-state index is 0.212. The minimum Gasteiger partial charge on any atom is -0.479 e. The molecule has 88 valence electrons. The first-order valence-corrected chi connectivity index (χ1v) is 4.03. The number of anilines is 1. The van der Waals surface area contributed by atoms with E-state index in [1.54, 1.807) is 0 Å². The van der Waals surface area contributed by atoms with Crippen molar-refractivity contribution < 1.29 is 27.9 Å². The summed E-state index contributed by atoms with van der Waals surface area (Å²) in [5.41, 5.74) is 0.910. The van der Waals surface area contributed by atoms with Crippen LogP contribution in [0.5, 0.6) is 0 Å². The predicted molar refractivity (Wildman–Crippen MR) is 46.4 cm³/mol. The summed E-state index contributed by atoms with van der Waals surface area (Å²) in [6.07, 6.45) is -4.55. The van der Waals surface area contributed by atoms with Gasteiger partial charge in [0, 0.05) is 0 Å². The highest BCUT2D eigenvalue weighted by atomic mass is 19.4. The fraction of sp³-hybridized carbons (Fsp3) is 0.250. The maximum atomic E-state index is 12.2. The first-order chi connectivity index (χ1) is 7.39. The summed E-state index contributed by atoms with van der Waals surface area (Å²) in [5.74, 6) is -1.46. The van der Waals surface area contributed by atoms with Crippen molar-refractivity contribution in [2.45, 2.75) is 6.18 Å². The fourth-order valence-corrected chi connectivity index (χ4v) is 0.821. The van der Waals surface area contributed by atoms with Gasteiger partial charge in [0.25, 0.3) is 0 Å². The van der Waals surface area contributed by atoms with Gasteiger partial charge in [-0.3, -0.25) is 4.84 Å². The van der Waals surface area contributed by atoms with Crippen LogP contribution in [0.1, 0.15) is 5.69 Å². The van der Waals surface area contributed by atoms with E-state index in [2.05, 4.69) is 9.82 Å². The van der Waals surface area contributed by atoms with E-state index >= 15 is 0 Å². The second-order valence-electron chi connectivity index (χ2n) is 2.69. The van der Waals surface area contributed by atoms with E-state index in [1.807, 2.05) is 5.48 Å². The van der Waals surface area contributed by atoms with Crippen molar-refractivity contribution in [1.82, 2.24) is 4.98 Å². The first kappa shape index (κ1) is 12.2. The van der Waals surface area contributed by atoms with Crippen molar-refractivity contribution >= 4 is 11.8 Å². The van der Waals surface area contributed by atoms with Gasteiger partial charge in [0.15, 0.2) is 6.61 Å². The summed E-state index contributed by atoms with van der Waals surface area (Å²) in [5, 5.41) is 8.21. The van der Waals surface area contributed by atoms with Gasteiger partial charge < -0.3 is 5.11 Å². The van der Waals surface area contributed by atoms with E-state index in [0.29, 0.717) is 0 Å². The van der Waals surface area contributed by atoms with Gasteiger partial charge in [0.05, 0.1) is 0 Å². The topological polar surface area (TPSA) is 71.5 Å². The number of hydrogen-bond acceptors (Lipinski definition) is 4. The van der Waals surface area contributed by atoms with Crippen molar-refractivity contribution in [3.8, 4) is 0 Å². The monoisotopic (exact) mass is 236 g/mol. The molecule has 16 heavy (non-hydrogen) atoms. The molecule has 0 aromatic carbocycles. The molecule has 1 rings (SSSR count). The van der Waals surface area contributed by atoms with E-state index in [-0.39, 0.29) is 5.82 Å². The molecule has 0 unspecified atom stereocenters. The van der Waals surface area contributed by atoms with Gasteiger partial charge >= 0.3 is 12.1 Å². The number of carboxylic acid groups (broad SMARTS) is 1. The van der Waals surface area contributed by atoms with Crippen molar-refractivity contribution in [2.24, 2.45) is 0 Å². The number of aliphatic carboxylic acids is 1. The quantitative estimate of drug-likeness (QED) is 0.775. The van der Waals surface area contributed by atoms with Crippen LogP contribution in [0.4, 0.5) is 19.0 Å². The van der Waals surface area contributed by atoms with E-state index in [1.165, 1.54) is 6.07 Å². The molecule has 2 N–H and O–H groups in total. The van der Waals surface area contributed by atoms with Gasteiger partial charge in [-0.15, -0.1) is 0 Å². The third-order valence-electron chi connectivity index (χ3n) is 1.41. The molecule has 0 fully saturated rings. The average molecular weight is 236 g/mol. The van der Waals surface area contributed by atoms with Crippen molar-refractivity contribution in [3.05, 3.63) is 23.9 Å². The maximum Gasteiger partial charge on any atom is 0.433 e. The Morgan fingerprint density at radius 2 is 2.19 bits per heavy atom. The molecule has 0 radical (unpaired) electrons. The molecule has 8 heteroatoms. The number of nitrogens with zero attached hydrogens (tertiary/aromatic N) is 1. The van der Waals surface area contributed by atoms with Crippen LogP contribution < -0.4 is 5.48 Å². The SMILES string of the molecule is O=C(O)CONc1cccc(C(F)(F)F)n1. The lowest BCUT2D eigenvalue weighted by Gasteiger charge is -2.08. The number of carboxylic acids is 1. The lowest BCUT2D eigenvalue weighted by atomic mass is 10.3. The summed E-state index contributed by atoms with van der Waals surface area (Å²) in [6, 6.07) is 3.14. The predicted octanol–water partition coefficient (Wildman–Crippen LogP) is 1.53. The molecular weight excluding hydrogens is 229 g/mol. The molecule has 0 atom stereocenters. The van der Waals surface area contributed by atoms with Crippen LogP contribution in [0.2, 0.25) is 0 Å². The van der Waals surface area contributed by atoms with Crippen LogP contribution in [0.3, 0.4) is 0 Å². The smallest absolute Gasteiger partial charge is 0.433 e. The molecule has 0 aliphatic heterocycles. The second-order valence-corrected chi connectivity index (χ2v) is 2.69. The number of rotatable bonds is 4. The zero-order chi connectivity index (χ0) is 12.2. The average Bonchev–Trinajstić information content (AvgIpc) is 2.16. The lowest BCUT2D eigenvalue weighted by Crippen LogP contribution is -2.14. The Kier molecular flexibility index (Phi) is 3.67. The molecule has 0 bridgehead atoms. The number of pyridine rings is 1. The molecule has 1 heterocycles. The summed E-state index contributed by atoms with van der Waals surface area (Å²) >= 11 is 0. The molecule has 0 spiro atoms. The third-order valence-corrected chi connectivity index (χ3v) is 1.41. The maximum absolute atomic E-state index is 12.2. The zero-order valence-corrected chi connectivity index (χ0v) is 7.78. The summed E-state index contributed by atoms with van der Waals surface area (Å²) in [7, 11) is 0.